The van der Waals surface area contributed by atoms with Gasteiger partial charge < -0.3 is 4.74 Å². The highest BCUT2D eigenvalue weighted by molar-refractivity contribution is 7.86. The van der Waals surface area contributed by atoms with Gasteiger partial charge in [-0.1, -0.05) is 50.2 Å². The molecule has 0 saturated carbocycles. The van der Waals surface area contributed by atoms with E-state index in [1.807, 2.05) is 74.5 Å². The quantitative estimate of drug-likeness (QED) is 0.588. The summed E-state index contributed by atoms with van der Waals surface area (Å²) in [5, 5.41) is 0. The van der Waals surface area contributed by atoms with E-state index in [9.17, 15) is 16.8 Å². The van der Waals surface area contributed by atoms with Crippen LogP contribution in [0, 0.1) is 0 Å². The summed E-state index contributed by atoms with van der Waals surface area (Å²) >= 11 is 0. The van der Waals surface area contributed by atoms with Crippen molar-refractivity contribution in [2.75, 3.05) is 19.1 Å². The first-order valence-electron chi connectivity index (χ1n) is 8.06. The van der Waals surface area contributed by atoms with E-state index in [1.54, 1.807) is 0 Å². The van der Waals surface area contributed by atoms with E-state index in [0.717, 1.165) is 24.9 Å². The van der Waals surface area contributed by atoms with Crippen LogP contribution in [0.5, 0.6) is 11.5 Å². The van der Waals surface area contributed by atoms with Crippen molar-refractivity contribution in [1.82, 2.24) is 0 Å². The van der Waals surface area contributed by atoms with Crippen LogP contribution in [0.2, 0.25) is 0 Å². The second kappa shape index (κ2) is 15.2. The summed E-state index contributed by atoms with van der Waals surface area (Å²) in [4.78, 5) is 0. The van der Waals surface area contributed by atoms with Gasteiger partial charge in [0.05, 0.1) is 19.1 Å². The number of hydrogen-bond acceptors (Lipinski definition) is 6. The maximum absolute atomic E-state index is 9.78. The highest BCUT2D eigenvalue weighted by Crippen LogP contribution is 2.19. The average molecular weight is 421 g/mol. The van der Waals surface area contributed by atoms with Crippen LogP contribution in [0.4, 0.5) is 0 Å². The molecule has 0 radical (unpaired) electrons. The molecule has 0 saturated heterocycles. The van der Waals surface area contributed by atoms with Gasteiger partial charge >= 0.3 is 0 Å². The van der Waals surface area contributed by atoms with Gasteiger partial charge in [-0.25, -0.2) is 0 Å². The number of ether oxygens (including phenoxy) is 1. The molecule has 154 valence electrons. The second-order valence-electron chi connectivity index (χ2n) is 4.47. The Kier molecular flexibility index (Phi) is 15.3. The summed E-state index contributed by atoms with van der Waals surface area (Å²) in [5.74, 6) is 1.54. The fourth-order valence-electron chi connectivity index (χ4n) is 1.11. The lowest BCUT2D eigenvalue weighted by Gasteiger charge is -2.03. The zero-order valence-corrected chi connectivity index (χ0v) is 17.8. The van der Waals surface area contributed by atoms with Crippen molar-refractivity contribution in [2.45, 2.75) is 20.8 Å². The van der Waals surface area contributed by atoms with Crippen LogP contribution in [-0.4, -0.2) is 40.5 Å². The first kappa shape index (κ1) is 27.3. The highest BCUT2D eigenvalue weighted by Gasteiger charge is 1.94. The Balaban J connectivity index is 0. The van der Waals surface area contributed by atoms with E-state index in [1.165, 1.54) is 6.92 Å². The Labute approximate surface area is 162 Å². The monoisotopic (exact) mass is 420 g/mol. The summed E-state index contributed by atoms with van der Waals surface area (Å²) in [5.41, 5.74) is 0. The molecule has 0 atom stereocenters. The molecule has 7 nitrogen and oxygen atoms in total. The first-order valence-corrected chi connectivity index (χ1v) is 11.5. The van der Waals surface area contributed by atoms with E-state index in [-0.39, 0.29) is 5.75 Å². The third-order valence-corrected chi connectivity index (χ3v) is 3.72. The smallest absolute Gasteiger partial charge is 0.264 e. The SMILES string of the molecule is CC.CCS(=O)(=O)O.COS(C)(=O)=O.c1ccc(Oc2ccccc2)cc1. The molecule has 2 aromatic rings. The predicted molar refractivity (Wildman–Crippen MR) is 108 cm³/mol. The molecule has 0 fully saturated rings. The number of rotatable bonds is 4. The van der Waals surface area contributed by atoms with Crippen LogP contribution in [0.1, 0.15) is 20.8 Å². The van der Waals surface area contributed by atoms with Crippen LogP contribution in [0.3, 0.4) is 0 Å². The minimum absolute atomic E-state index is 0.201. The lowest BCUT2D eigenvalue weighted by Crippen LogP contribution is -1.97. The summed E-state index contributed by atoms with van der Waals surface area (Å²) in [6.07, 6.45) is 0.993. The summed E-state index contributed by atoms with van der Waals surface area (Å²) in [7, 11) is -5.70. The lowest BCUT2D eigenvalue weighted by molar-refractivity contribution is 0.403. The molecule has 0 amide bonds. The van der Waals surface area contributed by atoms with E-state index in [4.69, 9.17) is 9.29 Å². The summed E-state index contributed by atoms with van der Waals surface area (Å²) in [6, 6.07) is 19.5. The number of para-hydroxylation sites is 2. The molecule has 2 rings (SSSR count). The van der Waals surface area contributed by atoms with Gasteiger partial charge in [0.2, 0.25) is 0 Å². The molecule has 0 aliphatic carbocycles. The Morgan fingerprint density at radius 2 is 1.07 bits per heavy atom. The van der Waals surface area contributed by atoms with Crippen molar-refractivity contribution in [2.24, 2.45) is 0 Å². The molecule has 27 heavy (non-hydrogen) atoms. The van der Waals surface area contributed by atoms with Gasteiger partial charge in [-0.2, -0.15) is 16.8 Å². The van der Waals surface area contributed by atoms with E-state index in [2.05, 4.69) is 4.18 Å². The van der Waals surface area contributed by atoms with Gasteiger partial charge in [0.1, 0.15) is 11.5 Å². The minimum Gasteiger partial charge on any atom is -0.457 e. The summed E-state index contributed by atoms with van der Waals surface area (Å²) < 4.78 is 56.0. The molecule has 9 heteroatoms. The van der Waals surface area contributed by atoms with E-state index < -0.39 is 20.2 Å². The molecule has 0 heterocycles. The van der Waals surface area contributed by atoms with Gasteiger partial charge in [0.25, 0.3) is 20.2 Å². The van der Waals surface area contributed by atoms with Crippen molar-refractivity contribution in [1.29, 1.82) is 0 Å². The fraction of sp³-hybridized carbons (Fsp3) is 0.333. The lowest BCUT2D eigenvalue weighted by atomic mass is 10.3. The van der Waals surface area contributed by atoms with Crippen molar-refractivity contribution >= 4 is 20.2 Å². The van der Waals surface area contributed by atoms with Gasteiger partial charge in [0, 0.05) is 0 Å². The largest absolute Gasteiger partial charge is 0.457 e. The van der Waals surface area contributed by atoms with Crippen molar-refractivity contribution in [3.05, 3.63) is 60.7 Å². The Morgan fingerprint density at radius 1 is 0.815 bits per heavy atom. The first-order chi connectivity index (χ1) is 12.6. The number of benzene rings is 2. The van der Waals surface area contributed by atoms with Crippen LogP contribution >= 0.6 is 0 Å². The molecule has 1 N–H and O–H groups in total. The maximum Gasteiger partial charge on any atom is 0.264 e. The molecule has 0 aromatic heterocycles. The predicted octanol–water partition coefficient (Wildman–Crippen LogP) is 3.99. The molecular weight excluding hydrogens is 392 g/mol. The standard InChI is InChI=1S/C12H10O.2C2H6O3S.C2H6/c1-3-7-11(8-4-1)13-12-9-5-2-6-10-12;1-5-6(2,3)4;1-2-6(3,4)5;1-2/h1-10H;1-2H3;2H2,1H3,(H,3,4,5);1-2H3. The van der Waals surface area contributed by atoms with Crippen LogP contribution < -0.4 is 4.74 Å². The average Bonchev–Trinajstić information content (AvgIpc) is 2.65. The van der Waals surface area contributed by atoms with Crippen LogP contribution in [0.15, 0.2) is 60.7 Å². The van der Waals surface area contributed by atoms with Gasteiger partial charge in [-0.3, -0.25) is 8.74 Å². The van der Waals surface area contributed by atoms with Gasteiger partial charge in [-0.15, -0.1) is 0 Å². The van der Waals surface area contributed by atoms with Crippen LogP contribution in [0.25, 0.3) is 0 Å². The van der Waals surface area contributed by atoms with E-state index >= 15 is 0 Å². The van der Waals surface area contributed by atoms with Crippen molar-refractivity contribution in [3.63, 3.8) is 0 Å². The van der Waals surface area contributed by atoms with Crippen molar-refractivity contribution in [3.8, 4) is 11.5 Å². The fourth-order valence-corrected chi connectivity index (χ4v) is 1.11. The normalized spacial score (nSPS) is 10.0. The van der Waals surface area contributed by atoms with Crippen LogP contribution in [-0.2, 0) is 24.4 Å². The van der Waals surface area contributed by atoms with E-state index in [0.29, 0.717) is 0 Å². The highest BCUT2D eigenvalue weighted by atomic mass is 32.2. The Morgan fingerprint density at radius 3 is 1.26 bits per heavy atom. The Bertz CT molecular complexity index is 719. The second-order valence-corrected chi connectivity index (χ2v) is 7.95. The topological polar surface area (TPSA) is 107 Å². The third kappa shape index (κ3) is 20.2. The van der Waals surface area contributed by atoms with Gasteiger partial charge in [0.15, 0.2) is 0 Å². The maximum atomic E-state index is 9.78. The Hall–Kier alpha value is -1.94. The molecular formula is C18H28O7S2. The molecule has 0 bridgehead atoms. The summed E-state index contributed by atoms with van der Waals surface area (Å²) in [6.45, 7) is 5.37. The zero-order chi connectivity index (χ0) is 21.3. The molecule has 2 aromatic carbocycles. The molecule has 0 unspecified atom stereocenters. The number of hydrogen-bond donors (Lipinski definition) is 1. The van der Waals surface area contributed by atoms with Gasteiger partial charge in [-0.05, 0) is 31.2 Å². The third-order valence-electron chi connectivity index (χ3n) is 2.39. The zero-order valence-electron chi connectivity index (χ0n) is 16.2. The molecule has 0 aliphatic rings. The minimum atomic E-state index is -3.66. The molecule has 0 aliphatic heterocycles. The molecule has 0 spiro atoms. The van der Waals surface area contributed by atoms with Crippen molar-refractivity contribution < 1.29 is 30.3 Å².